The highest BCUT2D eigenvalue weighted by Crippen LogP contribution is 2.30. The van der Waals surface area contributed by atoms with Crippen LogP contribution in [0.1, 0.15) is 36.9 Å². The van der Waals surface area contributed by atoms with Gasteiger partial charge in [-0.2, -0.15) is 0 Å². The number of β-amino-alcohol motifs (C(OH)–C–C–N with tert-alkyl or cyclic N) is 1. The highest BCUT2D eigenvalue weighted by molar-refractivity contribution is 5.95. The predicted molar refractivity (Wildman–Crippen MR) is 63.8 cm³/mol. The van der Waals surface area contributed by atoms with Crippen LogP contribution in [-0.4, -0.2) is 34.6 Å². The molecule has 0 saturated carbocycles. The van der Waals surface area contributed by atoms with Gasteiger partial charge in [0.2, 0.25) is 0 Å². The molecule has 0 radical (unpaired) electrons. The van der Waals surface area contributed by atoms with Crippen LogP contribution in [0.3, 0.4) is 0 Å². The van der Waals surface area contributed by atoms with Gasteiger partial charge in [-0.05, 0) is 12.0 Å². The molecule has 2 heterocycles. The first kappa shape index (κ1) is 12.2. The first-order valence-electron chi connectivity index (χ1n) is 6.06. The van der Waals surface area contributed by atoms with Crippen LogP contribution in [0.4, 0.5) is 0 Å². The molecule has 1 aromatic rings. The van der Waals surface area contributed by atoms with Crippen molar-refractivity contribution in [3.63, 3.8) is 0 Å². The highest BCUT2D eigenvalue weighted by Gasteiger charge is 2.46. The van der Waals surface area contributed by atoms with E-state index in [1.807, 2.05) is 20.8 Å². The molecule has 4 heteroatoms. The third-order valence-corrected chi connectivity index (χ3v) is 3.59. The van der Waals surface area contributed by atoms with Crippen LogP contribution in [0, 0.1) is 5.92 Å². The standard InChI is InChI=1S/C13H19NO3/c1-4-11-10(5-6-17-11)12(15)14-7-13(16,8-14)9(2)3/h5-6,9,16H,4,7-8H2,1-3H3. The Balaban J connectivity index is 2.05. The molecule has 2 rings (SSSR count). The third kappa shape index (κ3) is 1.97. The lowest BCUT2D eigenvalue weighted by atomic mass is 9.82. The van der Waals surface area contributed by atoms with Gasteiger partial charge in [0, 0.05) is 6.42 Å². The molecule has 4 nitrogen and oxygen atoms in total. The maximum absolute atomic E-state index is 12.1. The van der Waals surface area contributed by atoms with Crippen molar-refractivity contribution in [2.24, 2.45) is 5.92 Å². The van der Waals surface area contributed by atoms with Gasteiger partial charge in [0.15, 0.2) is 0 Å². The Kier molecular flexibility index (Phi) is 3.00. The molecule has 0 aliphatic carbocycles. The summed E-state index contributed by atoms with van der Waals surface area (Å²) in [5, 5.41) is 10.1. The third-order valence-electron chi connectivity index (χ3n) is 3.59. The van der Waals surface area contributed by atoms with Crippen molar-refractivity contribution < 1.29 is 14.3 Å². The van der Waals surface area contributed by atoms with Crippen LogP contribution in [0.15, 0.2) is 16.7 Å². The number of hydrogen-bond donors (Lipinski definition) is 1. The molecule has 1 saturated heterocycles. The van der Waals surface area contributed by atoms with Crippen molar-refractivity contribution in [1.82, 2.24) is 4.90 Å². The SMILES string of the molecule is CCc1occc1C(=O)N1CC(O)(C(C)C)C1. The summed E-state index contributed by atoms with van der Waals surface area (Å²) in [7, 11) is 0. The van der Waals surface area contributed by atoms with Crippen molar-refractivity contribution in [2.75, 3.05) is 13.1 Å². The molecule has 0 unspecified atom stereocenters. The largest absolute Gasteiger partial charge is 0.469 e. The number of carbonyl (C=O) groups is 1. The van der Waals surface area contributed by atoms with Crippen molar-refractivity contribution in [3.05, 3.63) is 23.7 Å². The number of carbonyl (C=O) groups excluding carboxylic acids is 1. The molecule has 0 spiro atoms. The van der Waals surface area contributed by atoms with E-state index in [9.17, 15) is 9.90 Å². The summed E-state index contributed by atoms with van der Waals surface area (Å²) in [5.41, 5.74) is -0.0931. The summed E-state index contributed by atoms with van der Waals surface area (Å²) < 4.78 is 5.24. The molecule has 0 atom stereocenters. The zero-order chi connectivity index (χ0) is 12.6. The Labute approximate surface area is 101 Å². The lowest BCUT2D eigenvalue weighted by Gasteiger charge is -2.48. The number of furan rings is 1. The van der Waals surface area contributed by atoms with Gasteiger partial charge >= 0.3 is 0 Å². The fraction of sp³-hybridized carbons (Fsp3) is 0.615. The van der Waals surface area contributed by atoms with E-state index in [-0.39, 0.29) is 11.8 Å². The summed E-state index contributed by atoms with van der Waals surface area (Å²) in [6.45, 7) is 6.72. The van der Waals surface area contributed by atoms with E-state index in [1.54, 1.807) is 17.2 Å². The quantitative estimate of drug-likeness (QED) is 0.870. The molecule has 17 heavy (non-hydrogen) atoms. The zero-order valence-electron chi connectivity index (χ0n) is 10.6. The number of amides is 1. The van der Waals surface area contributed by atoms with Gasteiger partial charge < -0.3 is 14.4 Å². The Morgan fingerprint density at radius 3 is 2.76 bits per heavy atom. The average molecular weight is 237 g/mol. The predicted octanol–water partition coefficient (Wildman–Crippen LogP) is 1.68. The summed E-state index contributed by atoms with van der Waals surface area (Å²) in [4.78, 5) is 13.8. The van der Waals surface area contributed by atoms with Gasteiger partial charge in [0.25, 0.3) is 5.91 Å². The van der Waals surface area contributed by atoms with Crippen molar-refractivity contribution in [3.8, 4) is 0 Å². The molecule has 94 valence electrons. The molecule has 1 aromatic heterocycles. The van der Waals surface area contributed by atoms with E-state index in [2.05, 4.69) is 0 Å². The second kappa shape index (κ2) is 4.18. The first-order valence-corrected chi connectivity index (χ1v) is 6.06. The van der Waals surface area contributed by atoms with Crippen molar-refractivity contribution in [1.29, 1.82) is 0 Å². The van der Waals surface area contributed by atoms with Gasteiger partial charge in [-0.3, -0.25) is 4.79 Å². The van der Waals surface area contributed by atoms with E-state index >= 15 is 0 Å². The van der Waals surface area contributed by atoms with Crippen LogP contribution in [0.25, 0.3) is 0 Å². The van der Waals surface area contributed by atoms with Gasteiger partial charge in [-0.25, -0.2) is 0 Å². The van der Waals surface area contributed by atoms with Gasteiger partial charge in [-0.1, -0.05) is 20.8 Å². The number of rotatable bonds is 3. The molecule has 0 bridgehead atoms. The lowest BCUT2D eigenvalue weighted by Crippen LogP contribution is -2.66. The van der Waals surface area contributed by atoms with Gasteiger partial charge in [0.1, 0.15) is 11.4 Å². The molecular weight excluding hydrogens is 218 g/mol. The number of likely N-dealkylation sites (tertiary alicyclic amines) is 1. The van der Waals surface area contributed by atoms with Crippen LogP contribution >= 0.6 is 0 Å². The molecule has 1 N–H and O–H groups in total. The molecular formula is C13H19NO3. The Morgan fingerprint density at radius 1 is 1.59 bits per heavy atom. The maximum Gasteiger partial charge on any atom is 0.257 e. The Bertz CT molecular complexity index is 416. The smallest absolute Gasteiger partial charge is 0.257 e. The summed E-state index contributed by atoms with van der Waals surface area (Å²) >= 11 is 0. The fourth-order valence-electron chi connectivity index (χ4n) is 2.10. The molecule has 0 aromatic carbocycles. The first-order chi connectivity index (χ1) is 7.98. The number of nitrogens with zero attached hydrogens (tertiary/aromatic N) is 1. The summed E-state index contributed by atoms with van der Waals surface area (Å²) in [5.74, 6) is 0.845. The van der Waals surface area contributed by atoms with Gasteiger partial charge in [-0.15, -0.1) is 0 Å². The van der Waals surface area contributed by atoms with E-state index in [0.717, 1.165) is 5.76 Å². The Morgan fingerprint density at radius 2 is 2.24 bits per heavy atom. The highest BCUT2D eigenvalue weighted by atomic mass is 16.3. The van der Waals surface area contributed by atoms with Gasteiger partial charge in [0.05, 0.1) is 24.9 Å². The number of aryl methyl sites for hydroxylation is 1. The van der Waals surface area contributed by atoms with E-state index < -0.39 is 5.60 Å². The minimum Gasteiger partial charge on any atom is -0.469 e. The summed E-state index contributed by atoms with van der Waals surface area (Å²) in [6, 6.07) is 1.70. The van der Waals surface area contributed by atoms with Crippen LogP contribution in [-0.2, 0) is 6.42 Å². The Hall–Kier alpha value is -1.29. The van der Waals surface area contributed by atoms with Crippen LogP contribution < -0.4 is 0 Å². The fourth-order valence-corrected chi connectivity index (χ4v) is 2.10. The van der Waals surface area contributed by atoms with E-state index in [1.165, 1.54) is 0 Å². The van der Waals surface area contributed by atoms with Crippen molar-refractivity contribution in [2.45, 2.75) is 32.8 Å². The second-order valence-electron chi connectivity index (χ2n) is 5.03. The minimum atomic E-state index is -0.716. The van der Waals surface area contributed by atoms with E-state index in [0.29, 0.717) is 25.1 Å². The topological polar surface area (TPSA) is 53.7 Å². The summed E-state index contributed by atoms with van der Waals surface area (Å²) in [6.07, 6.45) is 2.25. The molecule has 1 aliphatic rings. The average Bonchev–Trinajstić information content (AvgIpc) is 2.71. The van der Waals surface area contributed by atoms with Crippen molar-refractivity contribution >= 4 is 5.91 Å². The van der Waals surface area contributed by atoms with E-state index in [4.69, 9.17) is 4.42 Å². The second-order valence-corrected chi connectivity index (χ2v) is 5.03. The monoisotopic (exact) mass is 237 g/mol. The van der Waals surface area contributed by atoms with Crippen LogP contribution in [0.5, 0.6) is 0 Å². The maximum atomic E-state index is 12.1. The lowest BCUT2D eigenvalue weighted by molar-refractivity contribution is -0.110. The molecule has 1 amide bonds. The normalized spacial score (nSPS) is 18.3. The molecule has 1 aliphatic heterocycles. The number of hydrogen-bond acceptors (Lipinski definition) is 3. The number of aliphatic hydroxyl groups is 1. The zero-order valence-corrected chi connectivity index (χ0v) is 10.6. The molecule has 1 fully saturated rings. The minimum absolute atomic E-state index is 0.0408. The van der Waals surface area contributed by atoms with Crippen LogP contribution in [0.2, 0.25) is 0 Å².